The van der Waals surface area contributed by atoms with Crippen molar-refractivity contribution in [1.82, 2.24) is 5.32 Å². The number of hydrogen-bond donors (Lipinski definition) is 1. The van der Waals surface area contributed by atoms with Gasteiger partial charge in [-0.25, -0.2) is 0 Å². The second kappa shape index (κ2) is 7.51. The zero-order chi connectivity index (χ0) is 13.5. The highest BCUT2D eigenvalue weighted by atomic mass is 16.5. The molecule has 106 valence electrons. The van der Waals surface area contributed by atoms with Crippen LogP contribution in [0.1, 0.15) is 32.3 Å². The molecule has 1 aliphatic rings. The van der Waals surface area contributed by atoms with Gasteiger partial charge in [0.15, 0.2) is 0 Å². The van der Waals surface area contributed by atoms with Gasteiger partial charge in [-0.1, -0.05) is 32.0 Å². The molecule has 0 saturated heterocycles. The zero-order valence-corrected chi connectivity index (χ0v) is 12.0. The van der Waals surface area contributed by atoms with Crippen molar-refractivity contribution in [2.75, 3.05) is 19.8 Å². The fraction of sp³-hybridized carbons (Fsp3) is 0.625. The van der Waals surface area contributed by atoms with Gasteiger partial charge >= 0.3 is 0 Å². The van der Waals surface area contributed by atoms with E-state index in [1.807, 2.05) is 18.2 Å². The number of benzene rings is 1. The van der Waals surface area contributed by atoms with Gasteiger partial charge in [-0.15, -0.1) is 0 Å². The van der Waals surface area contributed by atoms with Crippen molar-refractivity contribution in [2.24, 2.45) is 5.92 Å². The van der Waals surface area contributed by atoms with Crippen LogP contribution in [0.15, 0.2) is 24.3 Å². The molecule has 1 saturated carbocycles. The summed E-state index contributed by atoms with van der Waals surface area (Å²) in [6.45, 7) is 7.36. The number of nitrogens with one attached hydrogen (secondary N) is 1. The SMILES string of the molecule is CC(C)NCc1ccccc1OCCOCC1CC1. The van der Waals surface area contributed by atoms with Gasteiger partial charge in [0, 0.05) is 24.8 Å². The van der Waals surface area contributed by atoms with E-state index in [1.54, 1.807) is 0 Å². The first-order valence-electron chi connectivity index (χ1n) is 7.27. The third kappa shape index (κ3) is 5.62. The maximum absolute atomic E-state index is 5.81. The van der Waals surface area contributed by atoms with Crippen LogP contribution in [0, 0.1) is 5.92 Å². The summed E-state index contributed by atoms with van der Waals surface area (Å²) in [4.78, 5) is 0. The Morgan fingerprint density at radius 3 is 2.74 bits per heavy atom. The van der Waals surface area contributed by atoms with Crippen molar-refractivity contribution in [3.63, 3.8) is 0 Å². The third-order valence-electron chi connectivity index (χ3n) is 3.21. The molecule has 0 aromatic heterocycles. The smallest absolute Gasteiger partial charge is 0.123 e. The molecule has 3 heteroatoms. The maximum atomic E-state index is 5.81. The van der Waals surface area contributed by atoms with Crippen molar-refractivity contribution in [3.05, 3.63) is 29.8 Å². The second-order valence-electron chi connectivity index (χ2n) is 5.51. The highest BCUT2D eigenvalue weighted by molar-refractivity contribution is 5.33. The van der Waals surface area contributed by atoms with E-state index in [-0.39, 0.29) is 0 Å². The largest absolute Gasteiger partial charge is 0.491 e. The Morgan fingerprint density at radius 2 is 2.00 bits per heavy atom. The lowest BCUT2D eigenvalue weighted by molar-refractivity contribution is 0.0924. The van der Waals surface area contributed by atoms with Crippen molar-refractivity contribution in [1.29, 1.82) is 0 Å². The molecule has 1 N–H and O–H groups in total. The standard InChI is InChI=1S/C16H25NO2/c1-13(2)17-11-15-5-3-4-6-16(15)19-10-9-18-12-14-7-8-14/h3-6,13-14,17H,7-12H2,1-2H3. The van der Waals surface area contributed by atoms with E-state index in [1.165, 1.54) is 18.4 Å². The van der Waals surface area contributed by atoms with Gasteiger partial charge in [-0.3, -0.25) is 0 Å². The average molecular weight is 263 g/mol. The van der Waals surface area contributed by atoms with Crippen LogP contribution in [0.25, 0.3) is 0 Å². The highest BCUT2D eigenvalue weighted by Gasteiger charge is 2.20. The predicted octanol–water partition coefficient (Wildman–Crippen LogP) is 2.99. The second-order valence-corrected chi connectivity index (χ2v) is 5.51. The Morgan fingerprint density at radius 1 is 1.21 bits per heavy atom. The van der Waals surface area contributed by atoms with E-state index in [4.69, 9.17) is 9.47 Å². The lowest BCUT2D eigenvalue weighted by Gasteiger charge is -2.13. The zero-order valence-electron chi connectivity index (χ0n) is 12.0. The monoisotopic (exact) mass is 263 g/mol. The van der Waals surface area contributed by atoms with Gasteiger partial charge in [0.1, 0.15) is 12.4 Å². The summed E-state index contributed by atoms with van der Waals surface area (Å²) < 4.78 is 11.4. The Hall–Kier alpha value is -1.06. The van der Waals surface area contributed by atoms with Crippen LogP contribution in [-0.2, 0) is 11.3 Å². The minimum atomic E-state index is 0.481. The molecular formula is C16H25NO2. The minimum Gasteiger partial charge on any atom is -0.491 e. The molecule has 2 rings (SSSR count). The molecule has 19 heavy (non-hydrogen) atoms. The molecule has 1 aliphatic carbocycles. The molecule has 0 heterocycles. The van der Waals surface area contributed by atoms with Crippen LogP contribution in [0.4, 0.5) is 0 Å². The normalized spacial score (nSPS) is 14.9. The molecule has 1 aromatic rings. The Balaban J connectivity index is 1.71. The first-order valence-corrected chi connectivity index (χ1v) is 7.27. The van der Waals surface area contributed by atoms with Gasteiger partial charge in [-0.05, 0) is 24.8 Å². The van der Waals surface area contributed by atoms with Gasteiger partial charge in [0.05, 0.1) is 6.61 Å². The van der Waals surface area contributed by atoms with Crippen molar-refractivity contribution < 1.29 is 9.47 Å². The van der Waals surface area contributed by atoms with Gasteiger partial charge in [0.2, 0.25) is 0 Å². The van der Waals surface area contributed by atoms with E-state index >= 15 is 0 Å². The lowest BCUT2D eigenvalue weighted by atomic mass is 10.2. The Labute approximate surface area is 116 Å². The Bertz CT molecular complexity index is 375. The minimum absolute atomic E-state index is 0.481. The van der Waals surface area contributed by atoms with Gasteiger partial charge in [0.25, 0.3) is 0 Å². The third-order valence-corrected chi connectivity index (χ3v) is 3.21. The van der Waals surface area contributed by atoms with E-state index in [0.29, 0.717) is 19.3 Å². The van der Waals surface area contributed by atoms with Crippen LogP contribution in [0.2, 0.25) is 0 Å². The lowest BCUT2D eigenvalue weighted by Crippen LogP contribution is -2.22. The highest BCUT2D eigenvalue weighted by Crippen LogP contribution is 2.28. The summed E-state index contributed by atoms with van der Waals surface area (Å²) in [5.74, 6) is 1.79. The molecule has 1 aromatic carbocycles. The molecule has 1 fully saturated rings. The molecule has 0 unspecified atom stereocenters. The van der Waals surface area contributed by atoms with Crippen LogP contribution >= 0.6 is 0 Å². The fourth-order valence-electron chi connectivity index (χ4n) is 1.85. The van der Waals surface area contributed by atoms with Crippen molar-refractivity contribution in [3.8, 4) is 5.75 Å². The number of rotatable bonds is 9. The topological polar surface area (TPSA) is 30.5 Å². The number of para-hydroxylation sites is 1. The van der Waals surface area contributed by atoms with Crippen LogP contribution in [-0.4, -0.2) is 25.9 Å². The predicted molar refractivity (Wildman–Crippen MR) is 77.5 cm³/mol. The molecule has 0 bridgehead atoms. The van der Waals surface area contributed by atoms with E-state index in [9.17, 15) is 0 Å². The van der Waals surface area contributed by atoms with Crippen LogP contribution < -0.4 is 10.1 Å². The van der Waals surface area contributed by atoms with Crippen LogP contribution in [0.3, 0.4) is 0 Å². The summed E-state index contributed by atoms with van der Waals surface area (Å²) in [6.07, 6.45) is 2.68. The van der Waals surface area contributed by atoms with E-state index < -0.39 is 0 Å². The maximum Gasteiger partial charge on any atom is 0.123 e. The molecule has 0 atom stereocenters. The summed E-state index contributed by atoms with van der Waals surface area (Å²) in [6, 6.07) is 8.68. The van der Waals surface area contributed by atoms with Gasteiger partial charge < -0.3 is 14.8 Å². The molecule has 3 nitrogen and oxygen atoms in total. The summed E-state index contributed by atoms with van der Waals surface area (Å²) >= 11 is 0. The van der Waals surface area contributed by atoms with E-state index in [2.05, 4.69) is 25.2 Å². The summed E-state index contributed by atoms with van der Waals surface area (Å²) in [5.41, 5.74) is 1.21. The molecule has 0 aliphatic heterocycles. The number of hydrogen-bond acceptors (Lipinski definition) is 3. The van der Waals surface area contributed by atoms with Crippen molar-refractivity contribution in [2.45, 2.75) is 39.3 Å². The fourth-order valence-corrected chi connectivity index (χ4v) is 1.85. The quantitative estimate of drug-likeness (QED) is 0.695. The van der Waals surface area contributed by atoms with Crippen molar-refractivity contribution >= 4 is 0 Å². The molecule has 0 radical (unpaired) electrons. The molecule has 0 spiro atoms. The summed E-state index contributed by atoms with van der Waals surface area (Å²) in [5, 5.41) is 3.42. The first-order chi connectivity index (χ1) is 9.25. The Kier molecular flexibility index (Phi) is 5.67. The first kappa shape index (κ1) is 14.4. The summed E-state index contributed by atoms with van der Waals surface area (Å²) in [7, 11) is 0. The van der Waals surface area contributed by atoms with Crippen LogP contribution in [0.5, 0.6) is 5.75 Å². The number of ether oxygens (including phenoxy) is 2. The van der Waals surface area contributed by atoms with Gasteiger partial charge in [-0.2, -0.15) is 0 Å². The molecular weight excluding hydrogens is 238 g/mol. The average Bonchev–Trinajstić information content (AvgIpc) is 3.21. The molecule has 0 amide bonds. The van der Waals surface area contributed by atoms with E-state index in [0.717, 1.165) is 24.8 Å².